The van der Waals surface area contributed by atoms with Crippen LogP contribution in [0.1, 0.15) is 43.2 Å². The fourth-order valence-electron chi connectivity index (χ4n) is 2.94. The van der Waals surface area contributed by atoms with Crippen molar-refractivity contribution in [1.29, 1.82) is 0 Å². The molecule has 0 bridgehead atoms. The number of thiophene rings is 1. The SMILES string of the molecule is Cc1ccc([C@H](Nc2nsnc2Nc2c(C)sc(S(=O)(=O)N(C)C)c2O)C(C)(C)C)o1. The summed E-state index contributed by atoms with van der Waals surface area (Å²) in [4.78, 5) is 0.617. The molecule has 0 aliphatic rings. The Hall–Kier alpha value is -2.15. The van der Waals surface area contributed by atoms with E-state index in [-0.39, 0.29) is 21.4 Å². The minimum atomic E-state index is -3.77. The first-order valence-electron chi connectivity index (χ1n) is 9.49. The maximum absolute atomic E-state index is 12.5. The number of aromatic hydroxyl groups is 1. The van der Waals surface area contributed by atoms with Crippen LogP contribution in [-0.2, 0) is 10.0 Å². The van der Waals surface area contributed by atoms with Crippen LogP contribution >= 0.6 is 23.1 Å². The summed E-state index contributed by atoms with van der Waals surface area (Å²) in [6.45, 7) is 9.88. The van der Waals surface area contributed by atoms with Crippen LogP contribution in [0.15, 0.2) is 20.8 Å². The Balaban J connectivity index is 1.94. The van der Waals surface area contributed by atoms with Crippen molar-refractivity contribution >= 4 is 50.4 Å². The summed E-state index contributed by atoms with van der Waals surface area (Å²) in [5.74, 6) is 2.14. The number of hydrogen-bond donors (Lipinski definition) is 3. The van der Waals surface area contributed by atoms with Crippen molar-refractivity contribution in [2.24, 2.45) is 5.41 Å². The lowest BCUT2D eigenvalue weighted by Crippen LogP contribution is -2.25. The number of aryl methyl sites for hydroxylation is 2. The fraction of sp³-hybridized carbons (Fsp3) is 0.474. The molecule has 0 amide bonds. The average Bonchev–Trinajstić information content (AvgIpc) is 3.34. The molecule has 1 atom stereocenters. The zero-order valence-electron chi connectivity index (χ0n) is 18.5. The zero-order valence-corrected chi connectivity index (χ0v) is 20.9. The fourth-order valence-corrected chi connectivity index (χ4v) is 6.06. The van der Waals surface area contributed by atoms with E-state index in [0.717, 1.165) is 38.9 Å². The molecule has 0 aliphatic carbocycles. The van der Waals surface area contributed by atoms with E-state index in [9.17, 15) is 13.5 Å². The zero-order chi connectivity index (χ0) is 23.1. The van der Waals surface area contributed by atoms with Crippen molar-refractivity contribution in [3.8, 4) is 5.75 Å². The van der Waals surface area contributed by atoms with Gasteiger partial charge >= 0.3 is 0 Å². The molecule has 0 aliphatic heterocycles. The Labute approximate surface area is 190 Å². The van der Waals surface area contributed by atoms with E-state index < -0.39 is 10.0 Å². The van der Waals surface area contributed by atoms with Crippen LogP contribution in [0.4, 0.5) is 17.3 Å². The molecular formula is C19H27N5O4S3. The molecule has 3 aromatic rings. The normalized spacial score (nSPS) is 13.5. The van der Waals surface area contributed by atoms with Crippen LogP contribution in [0.2, 0.25) is 0 Å². The lowest BCUT2D eigenvalue weighted by Gasteiger charge is -2.30. The quantitative estimate of drug-likeness (QED) is 0.440. The Morgan fingerprint density at radius 2 is 1.81 bits per heavy atom. The van der Waals surface area contributed by atoms with Gasteiger partial charge in [-0.25, -0.2) is 12.7 Å². The first-order chi connectivity index (χ1) is 14.3. The van der Waals surface area contributed by atoms with E-state index in [0.29, 0.717) is 22.2 Å². The topological polar surface area (TPSA) is 121 Å². The van der Waals surface area contributed by atoms with Gasteiger partial charge in [0.2, 0.25) is 0 Å². The number of hydrogen-bond acceptors (Lipinski definition) is 10. The third-order valence-corrected chi connectivity index (χ3v) is 8.59. The van der Waals surface area contributed by atoms with Crippen molar-refractivity contribution < 1.29 is 17.9 Å². The number of nitrogens with zero attached hydrogens (tertiary/aromatic N) is 3. The second-order valence-corrected chi connectivity index (χ2v) is 12.5. The molecule has 12 heteroatoms. The maximum Gasteiger partial charge on any atom is 0.255 e. The van der Waals surface area contributed by atoms with Gasteiger partial charge in [0.25, 0.3) is 10.0 Å². The van der Waals surface area contributed by atoms with Gasteiger partial charge in [-0.2, -0.15) is 8.75 Å². The summed E-state index contributed by atoms with van der Waals surface area (Å²) in [5.41, 5.74) is 0.0980. The summed E-state index contributed by atoms with van der Waals surface area (Å²) < 4.78 is 40.4. The van der Waals surface area contributed by atoms with Crippen LogP contribution in [0.25, 0.3) is 0 Å². The van der Waals surface area contributed by atoms with Crippen molar-refractivity contribution in [1.82, 2.24) is 13.1 Å². The monoisotopic (exact) mass is 485 g/mol. The Morgan fingerprint density at radius 1 is 1.16 bits per heavy atom. The summed E-state index contributed by atoms with van der Waals surface area (Å²) in [6.07, 6.45) is 0. The van der Waals surface area contributed by atoms with Gasteiger partial charge in [-0.1, -0.05) is 20.8 Å². The minimum Gasteiger partial charge on any atom is -0.504 e. The van der Waals surface area contributed by atoms with Gasteiger partial charge in [-0.15, -0.1) is 11.3 Å². The predicted molar refractivity (Wildman–Crippen MR) is 124 cm³/mol. The highest BCUT2D eigenvalue weighted by molar-refractivity contribution is 7.91. The Kier molecular flexibility index (Phi) is 6.38. The molecule has 0 radical (unpaired) electrons. The third-order valence-electron chi connectivity index (χ3n) is 4.67. The Morgan fingerprint density at radius 3 is 2.35 bits per heavy atom. The van der Waals surface area contributed by atoms with Crippen molar-refractivity contribution in [2.75, 3.05) is 24.7 Å². The number of nitrogens with one attached hydrogen (secondary N) is 2. The average molecular weight is 486 g/mol. The van der Waals surface area contributed by atoms with Crippen molar-refractivity contribution in [2.45, 2.75) is 44.9 Å². The summed E-state index contributed by atoms with van der Waals surface area (Å²) >= 11 is 2.01. The van der Waals surface area contributed by atoms with E-state index in [2.05, 4.69) is 40.2 Å². The van der Waals surface area contributed by atoms with Gasteiger partial charge in [0.05, 0.1) is 23.5 Å². The van der Waals surface area contributed by atoms with Crippen LogP contribution in [-0.4, -0.2) is 40.7 Å². The standard InChI is InChI=1S/C19H27N5O4S3/c1-10-8-9-12(28-10)15(19(3,4)5)21-17-16(22-30-23-17)20-13-11(2)29-18(14(13)25)31(26,27)24(6)7/h8-9,15,25H,1-7H3,(H,20,22)(H,21,23)/t15-/m0/s1. The third kappa shape index (κ3) is 4.71. The molecule has 3 rings (SSSR count). The van der Waals surface area contributed by atoms with E-state index in [1.165, 1.54) is 14.1 Å². The highest BCUT2D eigenvalue weighted by atomic mass is 32.2. The van der Waals surface area contributed by atoms with Gasteiger partial charge in [-0.3, -0.25) is 0 Å². The molecule has 0 spiro atoms. The molecule has 0 aromatic carbocycles. The van der Waals surface area contributed by atoms with Crippen LogP contribution in [0.3, 0.4) is 0 Å². The molecule has 3 heterocycles. The van der Waals surface area contributed by atoms with Crippen LogP contribution in [0.5, 0.6) is 5.75 Å². The number of furan rings is 1. The number of anilines is 3. The minimum absolute atomic E-state index is 0.117. The highest BCUT2D eigenvalue weighted by Gasteiger charge is 2.32. The smallest absolute Gasteiger partial charge is 0.255 e. The van der Waals surface area contributed by atoms with Crippen LogP contribution < -0.4 is 10.6 Å². The largest absolute Gasteiger partial charge is 0.504 e. The second kappa shape index (κ2) is 8.41. The molecule has 170 valence electrons. The van der Waals surface area contributed by atoms with Gasteiger partial charge in [0, 0.05) is 19.0 Å². The molecule has 0 fully saturated rings. The molecule has 0 unspecified atom stereocenters. The van der Waals surface area contributed by atoms with Crippen molar-refractivity contribution in [3.05, 3.63) is 28.5 Å². The lowest BCUT2D eigenvalue weighted by molar-refractivity contribution is 0.300. The number of rotatable bonds is 7. The van der Waals surface area contributed by atoms with E-state index in [1.807, 2.05) is 19.1 Å². The molecule has 0 saturated heterocycles. The first kappa shape index (κ1) is 23.5. The maximum atomic E-state index is 12.5. The first-order valence-corrected chi connectivity index (χ1v) is 12.5. The van der Waals surface area contributed by atoms with Crippen molar-refractivity contribution in [3.63, 3.8) is 0 Å². The molecule has 3 N–H and O–H groups in total. The molecule has 3 aromatic heterocycles. The highest BCUT2D eigenvalue weighted by Crippen LogP contribution is 2.45. The van der Waals surface area contributed by atoms with Gasteiger partial charge in [0.15, 0.2) is 21.6 Å². The van der Waals surface area contributed by atoms with Crippen LogP contribution in [0, 0.1) is 19.3 Å². The predicted octanol–water partition coefficient (Wildman–Crippen LogP) is 4.71. The Bertz CT molecular complexity index is 1170. The summed E-state index contributed by atoms with van der Waals surface area (Å²) in [5, 5.41) is 17.1. The number of sulfonamides is 1. The summed E-state index contributed by atoms with van der Waals surface area (Å²) in [6, 6.07) is 3.65. The van der Waals surface area contributed by atoms with E-state index in [4.69, 9.17) is 4.42 Å². The van der Waals surface area contributed by atoms with Gasteiger partial charge in [0.1, 0.15) is 11.5 Å². The number of aromatic nitrogens is 2. The molecular weight excluding hydrogens is 458 g/mol. The molecule has 9 nitrogen and oxygen atoms in total. The summed E-state index contributed by atoms with van der Waals surface area (Å²) in [7, 11) is -0.924. The molecule has 0 saturated carbocycles. The lowest BCUT2D eigenvalue weighted by atomic mass is 9.85. The second-order valence-electron chi connectivity index (χ2n) is 8.43. The van der Waals surface area contributed by atoms with Gasteiger partial charge in [-0.05, 0) is 31.4 Å². The van der Waals surface area contributed by atoms with E-state index in [1.54, 1.807) is 6.92 Å². The van der Waals surface area contributed by atoms with Gasteiger partial charge < -0.3 is 20.2 Å². The van der Waals surface area contributed by atoms with E-state index >= 15 is 0 Å². The molecule has 31 heavy (non-hydrogen) atoms.